The highest BCUT2D eigenvalue weighted by Gasteiger charge is 2.59. The summed E-state index contributed by atoms with van der Waals surface area (Å²) in [6.07, 6.45) is 3.46. The number of aromatic amines is 1. The van der Waals surface area contributed by atoms with Crippen LogP contribution in [-0.2, 0) is 0 Å². The lowest BCUT2D eigenvalue weighted by molar-refractivity contribution is 0.194. The van der Waals surface area contributed by atoms with Crippen molar-refractivity contribution in [1.82, 2.24) is 9.97 Å². The Morgan fingerprint density at radius 2 is 2.09 bits per heavy atom. The second kappa shape index (κ2) is 4.66. The Hall–Kier alpha value is -2.17. The average molecular weight is 310 g/mol. The van der Waals surface area contributed by atoms with Crippen molar-refractivity contribution in [2.45, 2.75) is 40.0 Å². The number of hydrogen-bond donors (Lipinski definition) is 2. The number of para-hydroxylation sites is 2. The van der Waals surface area contributed by atoms with Gasteiger partial charge < -0.3 is 4.98 Å². The molecule has 0 amide bonds. The normalized spacial score (nSPS) is 30.2. The van der Waals surface area contributed by atoms with Crippen LogP contribution in [0.4, 0.5) is 5.82 Å². The van der Waals surface area contributed by atoms with Crippen LogP contribution in [0, 0.1) is 16.7 Å². The van der Waals surface area contributed by atoms with E-state index in [0.717, 1.165) is 17.5 Å². The number of rotatable bonds is 2. The quantitative estimate of drug-likeness (QED) is 0.834. The number of nitrogens with zero attached hydrogens (tertiary/aromatic N) is 2. The van der Waals surface area contributed by atoms with E-state index in [4.69, 9.17) is 0 Å². The molecule has 2 unspecified atom stereocenters. The van der Waals surface area contributed by atoms with Gasteiger partial charge in [-0.2, -0.15) is 5.10 Å². The molecule has 0 aliphatic heterocycles. The van der Waals surface area contributed by atoms with Gasteiger partial charge in [0.05, 0.1) is 11.0 Å². The second-order valence-corrected chi connectivity index (χ2v) is 7.60. The second-order valence-electron chi connectivity index (χ2n) is 7.60. The fourth-order valence-corrected chi connectivity index (χ4v) is 4.32. The van der Waals surface area contributed by atoms with Crippen LogP contribution in [0.2, 0.25) is 0 Å². The Morgan fingerprint density at radius 1 is 1.30 bits per heavy atom. The monoisotopic (exact) mass is 310 g/mol. The standard InChI is InChI=1S/C18H22N4O/c1-17(2)11-8-9-18(17,3)14(10-11)21-22-15-16(23)20-13-7-5-4-6-12(13)19-15/h4-7,11H,8-10H2,1-3H3,(H,19,22)(H,20,23)/b21-14+. The van der Waals surface area contributed by atoms with Crippen LogP contribution in [0.25, 0.3) is 11.0 Å². The summed E-state index contributed by atoms with van der Waals surface area (Å²) >= 11 is 0. The Balaban J connectivity index is 1.68. The Bertz CT molecular complexity index is 867. The van der Waals surface area contributed by atoms with E-state index in [9.17, 15) is 4.79 Å². The van der Waals surface area contributed by atoms with E-state index in [2.05, 4.69) is 41.3 Å². The van der Waals surface area contributed by atoms with Crippen molar-refractivity contribution in [2.24, 2.45) is 21.8 Å². The average Bonchev–Trinajstić information content (AvgIpc) is 2.86. The molecule has 5 heteroatoms. The Labute approximate surface area is 135 Å². The number of benzene rings is 1. The van der Waals surface area contributed by atoms with Gasteiger partial charge in [0, 0.05) is 11.1 Å². The summed E-state index contributed by atoms with van der Waals surface area (Å²) in [5, 5.41) is 4.60. The molecule has 2 N–H and O–H groups in total. The van der Waals surface area contributed by atoms with E-state index < -0.39 is 0 Å². The molecule has 1 aromatic carbocycles. The van der Waals surface area contributed by atoms with Crippen LogP contribution < -0.4 is 11.0 Å². The highest BCUT2D eigenvalue weighted by Crippen LogP contribution is 2.63. The summed E-state index contributed by atoms with van der Waals surface area (Å²) in [7, 11) is 0. The van der Waals surface area contributed by atoms with Gasteiger partial charge >= 0.3 is 0 Å². The zero-order valence-electron chi connectivity index (χ0n) is 13.8. The number of aromatic nitrogens is 2. The molecular formula is C18H22N4O. The van der Waals surface area contributed by atoms with Crippen LogP contribution in [0.1, 0.15) is 40.0 Å². The summed E-state index contributed by atoms with van der Waals surface area (Å²) in [5.74, 6) is 0.955. The number of hydrazone groups is 1. The Morgan fingerprint density at radius 3 is 2.78 bits per heavy atom. The predicted octanol–water partition coefficient (Wildman–Crippen LogP) is 3.54. The summed E-state index contributed by atoms with van der Waals surface area (Å²) in [5.41, 5.74) is 5.76. The molecule has 120 valence electrons. The van der Waals surface area contributed by atoms with Crippen LogP contribution in [-0.4, -0.2) is 15.7 Å². The minimum Gasteiger partial charge on any atom is -0.317 e. The molecule has 2 aliphatic rings. The first-order valence-corrected chi connectivity index (χ1v) is 8.24. The van der Waals surface area contributed by atoms with Crippen LogP contribution in [0.5, 0.6) is 0 Å². The number of nitrogens with one attached hydrogen (secondary N) is 2. The van der Waals surface area contributed by atoms with E-state index in [0.29, 0.717) is 5.92 Å². The molecule has 0 radical (unpaired) electrons. The van der Waals surface area contributed by atoms with Gasteiger partial charge in [0.25, 0.3) is 5.56 Å². The van der Waals surface area contributed by atoms with E-state index >= 15 is 0 Å². The van der Waals surface area contributed by atoms with E-state index in [1.165, 1.54) is 18.6 Å². The summed E-state index contributed by atoms with van der Waals surface area (Å²) in [6, 6.07) is 7.51. The maximum absolute atomic E-state index is 12.2. The predicted molar refractivity (Wildman–Crippen MR) is 92.7 cm³/mol. The number of H-pyrrole nitrogens is 1. The molecule has 2 saturated carbocycles. The van der Waals surface area contributed by atoms with Crippen molar-refractivity contribution in [1.29, 1.82) is 0 Å². The molecular weight excluding hydrogens is 288 g/mol. The minimum atomic E-state index is -0.236. The van der Waals surface area contributed by atoms with Crippen molar-refractivity contribution in [3.05, 3.63) is 34.6 Å². The number of anilines is 1. The maximum atomic E-state index is 12.2. The lowest BCUT2D eigenvalue weighted by atomic mass is 9.70. The maximum Gasteiger partial charge on any atom is 0.293 e. The van der Waals surface area contributed by atoms with Gasteiger partial charge in [-0.05, 0) is 42.7 Å². The Kier molecular flexibility index (Phi) is 2.92. The molecule has 1 aromatic heterocycles. The van der Waals surface area contributed by atoms with Crippen molar-refractivity contribution < 1.29 is 0 Å². The molecule has 2 aliphatic carbocycles. The van der Waals surface area contributed by atoms with Gasteiger partial charge in [-0.3, -0.25) is 10.2 Å². The summed E-state index contributed by atoms with van der Waals surface area (Å²) in [6.45, 7) is 6.99. The third-order valence-electron chi connectivity index (χ3n) is 6.41. The van der Waals surface area contributed by atoms with Crippen LogP contribution in [0.3, 0.4) is 0 Å². The van der Waals surface area contributed by atoms with Crippen LogP contribution >= 0.6 is 0 Å². The SMILES string of the molecule is CC12CCC(C/C1=N\Nc1nc3ccccc3[nH]c1=O)C2(C)C. The topological polar surface area (TPSA) is 70.1 Å². The van der Waals surface area contributed by atoms with Crippen molar-refractivity contribution in [3.63, 3.8) is 0 Å². The molecule has 2 bridgehead atoms. The third-order valence-corrected chi connectivity index (χ3v) is 6.41. The lowest BCUT2D eigenvalue weighted by Crippen LogP contribution is -2.33. The van der Waals surface area contributed by atoms with E-state index in [-0.39, 0.29) is 22.2 Å². The smallest absolute Gasteiger partial charge is 0.293 e. The fraction of sp³-hybridized carbons (Fsp3) is 0.500. The van der Waals surface area contributed by atoms with E-state index in [1.54, 1.807) is 0 Å². The molecule has 0 saturated heterocycles. The highest BCUT2D eigenvalue weighted by atomic mass is 16.1. The molecule has 2 aromatic rings. The van der Waals surface area contributed by atoms with E-state index in [1.807, 2.05) is 24.3 Å². The van der Waals surface area contributed by atoms with Gasteiger partial charge in [0.1, 0.15) is 0 Å². The molecule has 4 rings (SSSR count). The van der Waals surface area contributed by atoms with Crippen molar-refractivity contribution >= 4 is 22.6 Å². The van der Waals surface area contributed by atoms with Gasteiger partial charge in [0.15, 0.2) is 0 Å². The largest absolute Gasteiger partial charge is 0.317 e. The van der Waals surface area contributed by atoms with Crippen LogP contribution in [0.15, 0.2) is 34.2 Å². The number of hydrogen-bond acceptors (Lipinski definition) is 4. The molecule has 5 nitrogen and oxygen atoms in total. The van der Waals surface area contributed by atoms with Gasteiger partial charge in [0.2, 0.25) is 5.82 Å². The first kappa shape index (κ1) is 14.4. The summed E-state index contributed by atoms with van der Waals surface area (Å²) < 4.78 is 0. The van der Waals surface area contributed by atoms with Gasteiger partial charge in [-0.1, -0.05) is 32.9 Å². The molecule has 2 fully saturated rings. The van der Waals surface area contributed by atoms with Crippen molar-refractivity contribution in [2.75, 3.05) is 5.43 Å². The first-order chi connectivity index (χ1) is 10.9. The third kappa shape index (κ3) is 1.95. The lowest BCUT2D eigenvalue weighted by Gasteiger charge is -2.34. The van der Waals surface area contributed by atoms with Gasteiger partial charge in [-0.25, -0.2) is 4.98 Å². The zero-order chi connectivity index (χ0) is 16.2. The molecule has 23 heavy (non-hydrogen) atoms. The molecule has 2 atom stereocenters. The minimum absolute atomic E-state index is 0.119. The van der Waals surface area contributed by atoms with Gasteiger partial charge in [-0.15, -0.1) is 0 Å². The highest BCUT2D eigenvalue weighted by molar-refractivity contribution is 5.94. The summed E-state index contributed by atoms with van der Waals surface area (Å²) in [4.78, 5) is 19.4. The zero-order valence-corrected chi connectivity index (χ0v) is 13.8. The van der Waals surface area contributed by atoms with Crippen molar-refractivity contribution in [3.8, 4) is 0 Å². The first-order valence-electron chi connectivity index (χ1n) is 8.24. The fourth-order valence-electron chi connectivity index (χ4n) is 4.32. The molecule has 0 spiro atoms. The molecule has 1 heterocycles. The number of fused-ring (bicyclic) bond motifs is 3.